The first kappa shape index (κ1) is 18.2. The van der Waals surface area contributed by atoms with E-state index in [0.717, 1.165) is 3.57 Å². The second-order valence-electron chi connectivity index (χ2n) is 6.41. The molecule has 2 aromatic rings. The molecule has 1 fully saturated rings. The smallest absolute Gasteiger partial charge is 0.265 e. The molecule has 0 saturated carbocycles. The lowest BCUT2D eigenvalue weighted by molar-refractivity contribution is -0.142. The molecule has 2 amide bonds. The van der Waals surface area contributed by atoms with Crippen molar-refractivity contribution in [3.05, 3.63) is 57.7 Å². The minimum atomic E-state index is -0.719. The number of carbonyl (C=O) groups excluding carboxylic acids is 2. The first-order valence-electron chi connectivity index (χ1n) is 8.84. The molecule has 0 radical (unpaired) electrons. The van der Waals surface area contributed by atoms with Gasteiger partial charge in [0.05, 0.1) is 31.0 Å². The molecular formula is C20H19IN2O4. The summed E-state index contributed by atoms with van der Waals surface area (Å²) in [5.41, 5.74) is 1.31. The molecule has 1 saturated heterocycles. The van der Waals surface area contributed by atoms with Crippen LogP contribution < -0.4 is 9.64 Å². The van der Waals surface area contributed by atoms with Gasteiger partial charge >= 0.3 is 0 Å². The third kappa shape index (κ3) is 3.66. The topological polar surface area (TPSA) is 59.1 Å². The molecule has 27 heavy (non-hydrogen) atoms. The molecule has 7 heteroatoms. The van der Waals surface area contributed by atoms with Crippen molar-refractivity contribution in [3.8, 4) is 5.75 Å². The molecule has 2 aromatic carbocycles. The van der Waals surface area contributed by atoms with Gasteiger partial charge in [-0.2, -0.15) is 0 Å². The van der Waals surface area contributed by atoms with Crippen molar-refractivity contribution in [2.24, 2.45) is 0 Å². The highest BCUT2D eigenvalue weighted by Gasteiger charge is 2.37. The van der Waals surface area contributed by atoms with E-state index in [0.29, 0.717) is 43.3 Å². The van der Waals surface area contributed by atoms with Crippen LogP contribution in [-0.2, 0) is 9.53 Å². The fourth-order valence-electron chi connectivity index (χ4n) is 3.32. The summed E-state index contributed by atoms with van der Waals surface area (Å²) in [7, 11) is 0. The highest BCUT2D eigenvalue weighted by molar-refractivity contribution is 14.1. The SMILES string of the molecule is O=C(C1CN(C(=O)c2ccccc2I)c2ccccc2O1)N1CCOCC1. The first-order chi connectivity index (χ1) is 13.1. The lowest BCUT2D eigenvalue weighted by atomic mass is 10.1. The number of nitrogens with zero attached hydrogens (tertiary/aromatic N) is 2. The quantitative estimate of drug-likeness (QED) is 0.623. The predicted molar refractivity (Wildman–Crippen MR) is 109 cm³/mol. The Labute approximate surface area is 171 Å². The number of rotatable bonds is 2. The average molecular weight is 478 g/mol. The monoisotopic (exact) mass is 478 g/mol. The predicted octanol–water partition coefficient (Wildman–Crippen LogP) is 2.56. The molecule has 1 atom stereocenters. The highest BCUT2D eigenvalue weighted by Crippen LogP contribution is 2.35. The maximum absolute atomic E-state index is 13.2. The number of benzene rings is 2. The first-order valence-corrected chi connectivity index (χ1v) is 9.91. The summed E-state index contributed by atoms with van der Waals surface area (Å²) >= 11 is 2.16. The molecule has 2 aliphatic rings. The Balaban J connectivity index is 1.65. The van der Waals surface area contributed by atoms with Gasteiger partial charge < -0.3 is 19.3 Å². The van der Waals surface area contributed by atoms with Gasteiger partial charge in [-0.1, -0.05) is 24.3 Å². The summed E-state index contributed by atoms with van der Waals surface area (Å²) in [4.78, 5) is 29.6. The van der Waals surface area contributed by atoms with Crippen molar-refractivity contribution in [3.63, 3.8) is 0 Å². The molecule has 2 heterocycles. The van der Waals surface area contributed by atoms with Gasteiger partial charge in [-0.05, 0) is 46.9 Å². The van der Waals surface area contributed by atoms with Gasteiger partial charge in [0.15, 0.2) is 6.10 Å². The third-order valence-corrected chi connectivity index (χ3v) is 5.66. The molecule has 1 unspecified atom stereocenters. The van der Waals surface area contributed by atoms with E-state index in [2.05, 4.69) is 22.6 Å². The third-order valence-electron chi connectivity index (χ3n) is 4.72. The van der Waals surface area contributed by atoms with Crippen molar-refractivity contribution in [2.45, 2.75) is 6.10 Å². The summed E-state index contributed by atoms with van der Waals surface area (Å²) in [6.45, 7) is 2.34. The van der Waals surface area contributed by atoms with E-state index in [-0.39, 0.29) is 18.4 Å². The maximum Gasteiger partial charge on any atom is 0.265 e. The number of carbonyl (C=O) groups is 2. The molecular weight excluding hydrogens is 459 g/mol. The Morgan fingerprint density at radius 3 is 2.48 bits per heavy atom. The van der Waals surface area contributed by atoms with Gasteiger partial charge in [-0.15, -0.1) is 0 Å². The molecule has 6 nitrogen and oxygen atoms in total. The van der Waals surface area contributed by atoms with Crippen LogP contribution in [0, 0.1) is 3.57 Å². The molecule has 4 rings (SSSR count). The van der Waals surface area contributed by atoms with E-state index < -0.39 is 6.10 Å². The van der Waals surface area contributed by atoms with Gasteiger partial charge in [0.1, 0.15) is 5.75 Å². The number of hydrogen-bond donors (Lipinski definition) is 0. The van der Waals surface area contributed by atoms with Gasteiger partial charge in [0.25, 0.3) is 11.8 Å². The number of halogens is 1. The highest BCUT2D eigenvalue weighted by atomic mass is 127. The van der Waals surface area contributed by atoms with Crippen LogP contribution in [0.2, 0.25) is 0 Å². The molecule has 0 aromatic heterocycles. The summed E-state index contributed by atoms with van der Waals surface area (Å²) in [5.74, 6) is 0.318. The number of hydrogen-bond acceptors (Lipinski definition) is 4. The van der Waals surface area contributed by atoms with Crippen LogP contribution in [0.4, 0.5) is 5.69 Å². The standard InChI is InChI=1S/C20H19IN2O4/c21-15-6-2-1-5-14(15)19(24)23-13-18(20(25)22-9-11-26-12-10-22)27-17-8-4-3-7-16(17)23/h1-8,18H,9-13H2. The normalized spacial score (nSPS) is 19.2. The average Bonchev–Trinajstić information content (AvgIpc) is 2.73. The Kier molecular flexibility index (Phi) is 5.31. The molecule has 0 spiro atoms. The van der Waals surface area contributed by atoms with Crippen LogP contribution in [0.5, 0.6) is 5.75 Å². The number of fused-ring (bicyclic) bond motifs is 1. The second-order valence-corrected chi connectivity index (χ2v) is 7.57. The van der Waals surface area contributed by atoms with Crippen LogP contribution in [0.1, 0.15) is 10.4 Å². The van der Waals surface area contributed by atoms with Gasteiger partial charge in [-0.25, -0.2) is 0 Å². The summed E-state index contributed by atoms with van der Waals surface area (Å²) in [6.07, 6.45) is -0.719. The van der Waals surface area contributed by atoms with Crippen molar-refractivity contribution >= 4 is 40.1 Å². The van der Waals surface area contributed by atoms with Crippen molar-refractivity contribution in [1.82, 2.24) is 4.90 Å². The fourth-order valence-corrected chi connectivity index (χ4v) is 3.94. The lowest BCUT2D eigenvalue weighted by Crippen LogP contribution is -2.54. The Bertz CT molecular complexity index is 867. The zero-order chi connectivity index (χ0) is 18.8. The van der Waals surface area contributed by atoms with Crippen LogP contribution in [0.25, 0.3) is 0 Å². The van der Waals surface area contributed by atoms with E-state index in [1.165, 1.54) is 0 Å². The van der Waals surface area contributed by atoms with E-state index in [1.807, 2.05) is 36.4 Å². The van der Waals surface area contributed by atoms with E-state index in [4.69, 9.17) is 9.47 Å². The van der Waals surface area contributed by atoms with Gasteiger partial charge in [-0.3, -0.25) is 9.59 Å². The van der Waals surface area contributed by atoms with Crippen LogP contribution >= 0.6 is 22.6 Å². The maximum atomic E-state index is 13.2. The zero-order valence-electron chi connectivity index (χ0n) is 14.6. The minimum absolute atomic E-state index is 0.103. The molecule has 140 valence electrons. The van der Waals surface area contributed by atoms with Crippen molar-refractivity contribution in [1.29, 1.82) is 0 Å². The van der Waals surface area contributed by atoms with Gasteiger partial charge in [0.2, 0.25) is 0 Å². The summed E-state index contributed by atoms with van der Waals surface area (Å²) < 4.78 is 12.2. The summed E-state index contributed by atoms with van der Waals surface area (Å²) in [6, 6.07) is 14.8. The number of para-hydroxylation sites is 2. The number of amides is 2. The van der Waals surface area contributed by atoms with E-state index in [9.17, 15) is 9.59 Å². The Morgan fingerprint density at radius 2 is 1.70 bits per heavy atom. The number of anilines is 1. The lowest BCUT2D eigenvalue weighted by Gasteiger charge is -2.37. The number of morpholine rings is 1. The Morgan fingerprint density at radius 1 is 1.00 bits per heavy atom. The van der Waals surface area contributed by atoms with Crippen LogP contribution in [0.15, 0.2) is 48.5 Å². The van der Waals surface area contributed by atoms with Gasteiger partial charge in [0, 0.05) is 16.7 Å². The Hall–Kier alpha value is -2.13. The van der Waals surface area contributed by atoms with E-state index >= 15 is 0 Å². The fraction of sp³-hybridized carbons (Fsp3) is 0.300. The molecule has 0 aliphatic carbocycles. The largest absolute Gasteiger partial charge is 0.476 e. The van der Waals surface area contributed by atoms with Crippen molar-refractivity contribution < 1.29 is 19.1 Å². The molecule has 0 N–H and O–H groups in total. The van der Waals surface area contributed by atoms with Crippen LogP contribution in [0.3, 0.4) is 0 Å². The second kappa shape index (κ2) is 7.85. The van der Waals surface area contributed by atoms with E-state index in [1.54, 1.807) is 21.9 Å². The zero-order valence-corrected chi connectivity index (χ0v) is 16.8. The summed E-state index contributed by atoms with van der Waals surface area (Å²) in [5, 5.41) is 0. The van der Waals surface area contributed by atoms with Crippen molar-refractivity contribution in [2.75, 3.05) is 37.7 Å². The minimum Gasteiger partial charge on any atom is -0.476 e. The number of ether oxygens (including phenoxy) is 2. The molecule has 0 bridgehead atoms. The van der Waals surface area contributed by atoms with Crippen LogP contribution in [-0.4, -0.2) is 55.7 Å². The molecule has 2 aliphatic heterocycles.